The summed E-state index contributed by atoms with van der Waals surface area (Å²) in [6.45, 7) is 0. The molecule has 0 heterocycles. The molecule has 0 aliphatic heterocycles. The second kappa shape index (κ2) is 6.87. The van der Waals surface area contributed by atoms with Gasteiger partial charge < -0.3 is 5.32 Å². The van der Waals surface area contributed by atoms with Gasteiger partial charge in [0, 0.05) is 12.3 Å². The van der Waals surface area contributed by atoms with Crippen molar-refractivity contribution in [1.29, 1.82) is 0 Å². The topological polar surface area (TPSA) is 46.2 Å². The Morgan fingerprint density at radius 3 is 2.38 bits per heavy atom. The van der Waals surface area contributed by atoms with Crippen molar-refractivity contribution in [2.45, 2.75) is 23.8 Å². The molecule has 2 aromatic carbocycles. The molecule has 0 radical (unpaired) electrons. The molecule has 0 saturated carbocycles. The van der Waals surface area contributed by atoms with Gasteiger partial charge in [0.1, 0.15) is 0 Å². The molecule has 0 bridgehead atoms. The molecule has 0 aliphatic rings. The fourth-order valence-corrected chi connectivity index (χ4v) is 3.07. The lowest BCUT2D eigenvalue weighted by molar-refractivity contribution is 0.547. The molecular formula is C17H21NO2S. The molecule has 1 atom stereocenters. The summed E-state index contributed by atoms with van der Waals surface area (Å²) in [6, 6.07) is 17.6. The zero-order chi connectivity index (χ0) is 15.3. The minimum Gasteiger partial charge on any atom is -0.313 e. The van der Waals surface area contributed by atoms with Crippen LogP contribution in [0.2, 0.25) is 0 Å². The van der Waals surface area contributed by atoms with E-state index < -0.39 is 9.84 Å². The van der Waals surface area contributed by atoms with Gasteiger partial charge in [-0.15, -0.1) is 0 Å². The van der Waals surface area contributed by atoms with Gasteiger partial charge in [0.15, 0.2) is 9.84 Å². The van der Waals surface area contributed by atoms with Crippen LogP contribution in [0.15, 0.2) is 59.5 Å². The molecule has 21 heavy (non-hydrogen) atoms. The molecule has 3 nitrogen and oxygen atoms in total. The first-order chi connectivity index (χ1) is 10.0. The normalized spacial score (nSPS) is 13.0. The highest BCUT2D eigenvalue weighted by molar-refractivity contribution is 7.90. The Labute approximate surface area is 126 Å². The third-order valence-corrected chi connectivity index (χ3v) is 4.71. The van der Waals surface area contributed by atoms with E-state index in [4.69, 9.17) is 0 Å². The molecule has 1 unspecified atom stereocenters. The Kier molecular flexibility index (Phi) is 5.15. The van der Waals surface area contributed by atoms with Crippen molar-refractivity contribution in [3.8, 4) is 0 Å². The first-order valence-electron chi connectivity index (χ1n) is 7.02. The number of aryl methyl sites for hydroxylation is 1. The van der Waals surface area contributed by atoms with Crippen LogP contribution >= 0.6 is 0 Å². The van der Waals surface area contributed by atoms with Crippen LogP contribution in [0, 0.1) is 0 Å². The number of sulfone groups is 1. The number of hydrogen-bond acceptors (Lipinski definition) is 3. The number of benzene rings is 2. The summed E-state index contributed by atoms with van der Waals surface area (Å²) in [7, 11) is -1.26. The number of rotatable bonds is 6. The van der Waals surface area contributed by atoms with Gasteiger partial charge in [-0.05, 0) is 43.1 Å². The van der Waals surface area contributed by atoms with E-state index in [0.717, 1.165) is 18.4 Å². The lowest BCUT2D eigenvalue weighted by Crippen LogP contribution is -2.17. The fourth-order valence-electron chi connectivity index (χ4n) is 2.40. The van der Waals surface area contributed by atoms with E-state index in [0.29, 0.717) is 4.90 Å². The average molecular weight is 303 g/mol. The van der Waals surface area contributed by atoms with Crippen LogP contribution in [-0.2, 0) is 16.3 Å². The monoisotopic (exact) mass is 303 g/mol. The van der Waals surface area contributed by atoms with E-state index in [2.05, 4.69) is 17.4 Å². The number of nitrogens with one attached hydrogen (secondary N) is 1. The average Bonchev–Trinajstić information content (AvgIpc) is 2.48. The van der Waals surface area contributed by atoms with Gasteiger partial charge in [-0.25, -0.2) is 8.42 Å². The van der Waals surface area contributed by atoms with Gasteiger partial charge in [-0.2, -0.15) is 0 Å². The summed E-state index contributed by atoms with van der Waals surface area (Å²) in [5.41, 5.74) is 2.30. The van der Waals surface area contributed by atoms with Gasteiger partial charge in [-0.3, -0.25) is 0 Å². The van der Waals surface area contributed by atoms with Crippen molar-refractivity contribution in [3.05, 3.63) is 65.7 Å². The second-order valence-corrected chi connectivity index (χ2v) is 7.23. The maximum atomic E-state index is 11.7. The molecule has 0 aliphatic carbocycles. The molecule has 0 amide bonds. The first kappa shape index (κ1) is 15.7. The molecule has 112 valence electrons. The summed E-state index contributed by atoms with van der Waals surface area (Å²) in [6.07, 6.45) is 3.12. The van der Waals surface area contributed by atoms with E-state index in [1.165, 1.54) is 11.8 Å². The third kappa shape index (κ3) is 4.41. The van der Waals surface area contributed by atoms with Crippen LogP contribution in [0.1, 0.15) is 23.6 Å². The lowest BCUT2D eigenvalue weighted by atomic mass is 9.99. The molecule has 0 fully saturated rings. The van der Waals surface area contributed by atoms with Crippen molar-refractivity contribution < 1.29 is 8.42 Å². The summed E-state index contributed by atoms with van der Waals surface area (Å²) < 4.78 is 23.3. The van der Waals surface area contributed by atoms with E-state index in [1.807, 2.05) is 31.3 Å². The van der Waals surface area contributed by atoms with Crippen molar-refractivity contribution in [3.63, 3.8) is 0 Å². The predicted octanol–water partition coefficient (Wildman–Crippen LogP) is 2.98. The Hall–Kier alpha value is -1.65. The quantitative estimate of drug-likeness (QED) is 0.892. The predicted molar refractivity (Wildman–Crippen MR) is 86.1 cm³/mol. The van der Waals surface area contributed by atoms with Crippen LogP contribution in [0.25, 0.3) is 0 Å². The highest BCUT2D eigenvalue weighted by Gasteiger charge is 2.13. The van der Waals surface area contributed by atoms with Gasteiger partial charge in [0.05, 0.1) is 4.90 Å². The molecular weight excluding hydrogens is 282 g/mol. The molecule has 2 rings (SSSR count). The Morgan fingerprint density at radius 1 is 1.05 bits per heavy atom. The first-order valence-corrected chi connectivity index (χ1v) is 8.91. The van der Waals surface area contributed by atoms with E-state index in [-0.39, 0.29) is 6.04 Å². The number of hydrogen-bond donors (Lipinski definition) is 1. The zero-order valence-electron chi connectivity index (χ0n) is 12.4. The van der Waals surface area contributed by atoms with Crippen LogP contribution < -0.4 is 5.32 Å². The lowest BCUT2D eigenvalue weighted by Gasteiger charge is -2.17. The zero-order valence-corrected chi connectivity index (χ0v) is 13.2. The minimum absolute atomic E-state index is 0.145. The van der Waals surface area contributed by atoms with Gasteiger partial charge >= 0.3 is 0 Å². The molecule has 0 spiro atoms. The minimum atomic E-state index is -3.16. The van der Waals surface area contributed by atoms with E-state index >= 15 is 0 Å². The highest BCUT2D eigenvalue weighted by atomic mass is 32.2. The Bertz CT molecular complexity index is 681. The summed E-state index contributed by atoms with van der Waals surface area (Å²) >= 11 is 0. The second-order valence-electron chi connectivity index (χ2n) is 5.21. The van der Waals surface area contributed by atoms with E-state index in [9.17, 15) is 8.42 Å². The van der Waals surface area contributed by atoms with Crippen LogP contribution in [0.5, 0.6) is 0 Å². The van der Waals surface area contributed by atoms with Crippen molar-refractivity contribution in [2.75, 3.05) is 13.3 Å². The Balaban J connectivity index is 2.14. The van der Waals surface area contributed by atoms with Crippen molar-refractivity contribution in [2.24, 2.45) is 0 Å². The molecule has 4 heteroatoms. The van der Waals surface area contributed by atoms with Crippen LogP contribution in [0.3, 0.4) is 0 Å². The van der Waals surface area contributed by atoms with Crippen molar-refractivity contribution in [1.82, 2.24) is 5.32 Å². The van der Waals surface area contributed by atoms with E-state index in [1.54, 1.807) is 18.2 Å². The highest BCUT2D eigenvalue weighted by Crippen LogP contribution is 2.21. The largest absolute Gasteiger partial charge is 0.313 e. The summed E-state index contributed by atoms with van der Waals surface area (Å²) in [5.74, 6) is 0. The van der Waals surface area contributed by atoms with Gasteiger partial charge in [0.25, 0.3) is 0 Å². The molecule has 1 N–H and O–H groups in total. The standard InChI is InChI=1S/C17H21NO2S/c1-18-17(12-11-14-7-4-3-5-8-14)15-9-6-10-16(13-15)21(2,19)20/h3-10,13,17-18H,11-12H2,1-2H3. The van der Waals surface area contributed by atoms with Crippen LogP contribution in [-0.4, -0.2) is 21.7 Å². The summed E-state index contributed by atoms with van der Waals surface area (Å²) in [5, 5.41) is 3.27. The molecule has 2 aromatic rings. The maximum Gasteiger partial charge on any atom is 0.175 e. The van der Waals surface area contributed by atoms with Crippen LogP contribution in [0.4, 0.5) is 0 Å². The van der Waals surface area contributed by atoms with Crippen molar-refractivity contribution >= 4 is 9.84 Å². The third-order valence-electron chi connectivity index (χ3n) is 3.60. The van der Waals surface area contributed by atoms with Gasteiger partial charge in [-0.1, -0.05) is 42.5 Å². The maximum absolute atomic E-state index is 11.7. The summed E-state index contributed by atoms with van der Waals surface area (Å²) in [4.78, 5) is 0.375. The Morgan fingerprint density at radius 2 is 1.76 bits per heavy atom. The fraction of sp³-hybridized carbons (Fsp3) is 0.294. The van der Waals surface area contributed by atoms with Gasteiger partial charge in [0.2, 0.25) is 0 Å². The SMILES string of the molecule is CNC(CCc1ccccc1)c1cccc(S(C)(=O)=O)c1. The molecule has 0 aromatic heterocycles. The smallest absolute Gasteiger partial charge is 0.175 e. The molecule has 0 saturated heterocycles.